The van der Waals surface area contributed by atoms with Crippen molar-refractivity contribution in [1.29, 1.82) is 0 Å². The van der Waals surface area contributed by atoms with E-state index in [1.165, 1.54) is 16.8 Å². The third-order valence-electron chi connectivity index (χ3n) is 5.69. The lowest BCUT2D eigenvalue weighted by Crippen LogP contribution is -2.22. The molecule has 6 nitrogen and oxygen atoms in total. The first-order valence-electron chi connectivity index (χ1n) is 12.1. The molecule has 0 radical (unpaired) electrons. The molecule has 0 aliphatic heterocycles. The maximum absolute atomic E-state index is 13.4. The number of aryl methyl sites for hydroxylation is 1. The van der Waals surface area contributed by atoms with E-state index in [0.717, 1.165) is 22.9 Å². The Hall–Kier alpha value is -2.75. The minimum absolute atomic E-state index is 0.175. The van der Waals surface area contributed by atoms with Gasteiger partial charge in [0, 0.05) is 20.9 Å². The molecule has 0 N–H and O–H groups in total. The summed E-state index contributed by atoms with van der Waals surface area (Å²) in [6, 6.07) is 13.2. The van der Waals surface area contributed by atoms with E-state index in [4.69, 9.17) is 26.1 Å². The largest absolute Gasteiger partial charge is 0.490 e. The lowest BCUT2D eigenvalue weighted by Gasteiger charge is -2.16. The fourth-order valence-corrected chi connectivity index (χ4v) is 4.78. The third-order valence-corrected chi connectivity index (χ3v) is 7.63. The number of rotatable bonds is 10. The van der Waals surface area contributed by atoms with Gasteiger partial charge in [-0.1, -0.05) is 53.0 Å². The van der Waals surface area contributed by atoms with Gasteiger partial charge in [0.25, 0.3) is 5.56 Å². The van der Waals surface area contributed by atoms with E-state index >= 15 is 0 Å². The van der Waals surface area contributed by atoms with E-state index in [-0.39, 0.29) is 18.0 Å². The highest BCUT2D eigenvalue weighted by atomic mass is 79.9. The quantitative estimate of drug-likeness (QED) is 0.162. The van der Waals surface area contributed by atoms with Crippen LogP contribution in [0, 0.1) is 5.82 Å². The molecule has 4 aromatic rings. The average molecular weight is 666 g/mol. The van der Waals surface area contributed by atoms with E-state index in [1.54, 1.807) is 30.5 Å². The van der Waals surface area contributed by atoms with E-state index in [1.807, 2.05) is 19.1 Å². The molecule has 0 saturated heterocycles. The summed E-state index contributed by atoms with van der Waals surface area (Å²) in [5.41, 5.74) is 1.74. The molecule has 0 atom stereocenters. The summed E-state index contributed by atoms with van der Waals surface area (Å²) in [4.78, 5) is 18.1. The number of fused-ring (bicyclic) bond motifs is 1. The predicted octanol–water partition coefficient (Wildman–Crippen LogP) is 7.92. The lowest BCUT2D eigenvalue weighted by molar-refractivity contribution is 0.269. The Morgan fingerprint density at radius 1 is 1.11 bits per heavy atom. The number of unbranched alkanes of at least 4 members (excludes halogenated alkanes) is 1. The summed E-state index contributed by atoms with van der Waals surface area (Å²) in [5.74, 6) is 1.03. The molecule has 0 bridgehead atoms. The Labute approximate surface area is 241 Å². The number of halogens is 4. The number of aromatic nitrogens is 2. The second-order valence-corrected chi connectivity index (χ2v) is 10.5. The van der Waals surface area contributed by atoms with Gasteiger partial charge in [-0.05, 0) is 71.2 Å². The van der Waals surface area contributed by atoms with Crippen molar-refractivity contribution >= 4 is 60.6 Å². The van der Waals surface area contributed by atoms with Crippen molar-refractivity contribution in [2.75, 3.05) is 6.61 Å². The highest BCUT2D eigenvalue weighted by Gasteiger charge is 2.18. The van der Waals surface area contributed by atoms with Crippen molar-refractivity contribution in [2.45, 2.75) is 39.7 Å². The Kier molecular flexibility index (Phi) is 9.57. The van der Waals surface area contributed by atoms with Gasteiger partial charge in [0.15, 0.2) is 11.5 Å². The van der Waals surface area contributed by atoms with Crippen LogP contribution in [0.2, 0.25) is 5.02 Å². The van der Waals surface area contributed by atoms with Gasteiger partial charge in [-0.25, -0.2) is 9.37 Å². The zero-order valence-electron chi connectivity index (χ0n) is 20.8. The molecular weight excluding hydrogens is 641 g/mol. The second-order valence-electron chi connectivity index (χ2n) is 8.42. The van der Waals surface area contributed by atoms with Gasteiger partial charge in [0.1, 0.15) is 23.3 Å². The van der Waals surface area contributed by atoms with Crippen molar-refractivity contribution in [1.82, 2.24) is 9.66 Å². The maximum Gasteiger partial charge on any atom is 0.282 e. The molecule has 0 fully saturated rings. The maximum atomic E-state index is 13.4. The van der Waals surface area contributed by atoms with Crippen molar-refractivity contribution in [3.63, 3.8) is 0 Å². The zero-order chi connectivity index (χ0) is 27.2. The molecule has 10 heteroatoms. The van der Waals surface area contributed by atoms with Crippen molar-refractivity contribution < 1.29 is 13.9 Å². The molecule has 0 saturated carbocycles. The fourth-order valence-electron chi connectivity index (χ4n) is 3.76. The smallest absolute Gasteiger partial charge is 0.282 e. The molecule has 0 aliphatic carbocycles. The molecule has 0 unspecified atom stereocenters. The summed E-state index contributed by atoms with van der Waals surface area (Å²) in [5, 5.41) is 5.28. The SMILES string of the molecule is CCCCc1nc2ccc(Br)cc2c(=O)n1N=Cc1cc(OCC)c(OCc2ccc(F)cc2)c(Cl)c1Br. The van der Waals surface area contributed by atoms with E-state index < -0.39 is 0 Å². The van der Waals surface area contributed by atoms with Gasteiger partial charge in [0.2, 0.25) is 0 Å². The van der Waals surface area contributed by atoms with Gasteiger partial charge in [0.05, 0.1) is 23.7 Å². The van der Waals surface area contributed by atoms with Gasteiger partial charge >= 0.3 is 0 Å². The van der Waals surface area contributed by atoms with Crippen LogP contribution in [0.1, 0.15) is 43.6 Å². The topological polar surface area (TPSA) is 65.7 Å². The standard InChI is InChI=1S/C28H25Br2ClFN3O3/c1-3-5-6-24-34-22-12-9-19(29)14-21(22)28(36)35(24)33-15-18-13-23(37-4-2)27(26(31)25(18)30)38-16-17-7-10-20(32)11-8-17/h7-15H,3-6,16H2,1-2H3. The molecule has 198 valence electrons. The summed E-state index contributed by atoms with van der Waals surface area (Å²) in [6.07, 6.45) is 3.98. The normalized spacial score (nSPS) is 11.4. The zero-order valence-corrected chi connectivity index (χ0v) is 24.7. The van der Waals surface area contributed by atoms with E-state index in [2.05, 4.69) is 43.9 Å². The first-order valence-corrected chi connectivity index (χ1v) is 14.1. The van der Waals surface area contributed by atoms with Crippen molar-refractivity contribution in [3.8, 4) is 11.5 Å². The van der Waals surface area contributed by atoms with Gasteiger partial charge in [-0.2, -0.15) is 9.78 Å². The van der Waals surface area contributed by atoms with Crippen LogP contribution in [0.25, 0.3) is 10.9 Å². The monoisotopic (exact) mass is 663 g/mol. The molecular formula is C28H25Br2ClFN3O3. The Morgan fingerprint density at radius 2 is 1.87 bits per heavy atom. The summed E-state index contributed by atoms with van der Waals surface area (Å²) >= 11 is 13.6. The average Bonchev–Trinajstić information content (AvgIpc) is 2.91. The Balaban J connectivity index is 1.73. The van der Waals surface area contributed by atoms with Crippen LogP contribution in [-0.2, 0) is 13.0 Å². The van der Waals surface area contributed by atoms with Crippen LogP contribution in [0.15, 0.2) is 67.4 Å². The van der Waals surface area contributed by atoms with Crippen LogP contribution in [0.3, 0.4) is 0 Å². The Bertz CT molecular complexity index is 1540. The molecule has 1 aromatic heterocycles. The number of hydrogen-bond donors (Lipinski definition) is 0. The first-order chi connectivity index (χ1) is 18.3. The van der Waals surface area contributed by atoms with Crippen LogP contribution >= 0.6 is 43.5 Å². The number of benzene rings is 3. The predicted molar refractivity (Wildman–Crippen MR) is 156 cm³/mol. The highest BCUT2D eigenvalue weighted by Crippen LogP contribution is 2.42. The van der Waals surface area contributed by atoms with Crippen LogP contribution in [0.5, 0.6) is 11.5 Å². The number of nitrogens with zero attached hydrogens (tertiary/aromatic N) is 3. The van der Waals surface area contributed by atoms with Gasteiger partial charge in [-0.3, -0.25) is 4.79 Å². The minimum atomic E-state index is -0.320. The molecule has 0 spiro atoms. The van der Waals surface area contributed by atoms with E-state index in [9.17, 15) is 9.18 Å². The summed E-state index contributed by atoms with van der Waals surface area (Å²) in [7, 11) is 0. The molecule has 3 aromatic carbocycles. The molecule has 0 aliphatic rings. The van der Waals surface area contributed by atoms with E-state index in [0.29, 0.717) is 56.3 Å². The highest BCUT2D eigenvalue weighted by molar-refractivity contribution is 9.10. The van der Waals surface area contributed by atoms with Crippen LogP contribution in [-0.4, -0.2) is 22.5 Å². The first kappa shape index (κ1) is 28.3. The molecule has 0 amide bonds. The van der Waals surface area contributed by atoms with Gasteiger partial charge in [-0.15, -0.1) is 0 Å². The number of ether oxygens (including phenoxy) is 2. The fraction of sp³-hybridized carbons (Fsp3) is 0.250. The second kappa shape index (κ2) is 12.9. The van der Waals surface area contributed by atoms with Crippen molar-refractivity contribution in [2.24, 2.45) is 5.10 Å². The summed E-state index contributed by atoms with van der Waals surface area (Å²) < 4.78 is 27.7. The molecule has 4 rings (SSSR count). The Morgan fingerprint density at radius 3 is 2.58 bits per heavy atom. The van der Waals surface area contributed by atoms with Crippen LogP contribution in [0.4, 0.5) is 4.39 Å². The third kappa shape index (κ3) is 6.45. The minimum Gasteiger partial charge on any atom is -0.490 e. The summed E-state index contributed by atoms with van der Waals surface area (Å²) in [6.45, 7) is 4.49. The molecule has 38 heavy (non-hydrogen) atoms. The van der Waals surface area contributed by atoms with Crippen LogP contribution < -0.4 is 15.0 Å². The number of hydrogen-bond acceptors (Lipinski definition) is 5. The van der Waals surface area contributed by atoms with Crippen molar-refractivity contribution in [3.05, 3.63) is 95.6 Å². The van der Waals surface area contributed by atoms with Gasteiger partial charge < -0.3 is 9.47 Å². The lowest BCUT2D eigenvalue weighted by atomic mass is 10.2. The molecule has 1 heterocycles.